The zero-order valence-corrected chi connectivity index (χ0v) is 16.7. The van der Waals surface area contributed by atoms with Crippen molar-refractivity contribution in [2.75, 3.05) is 7.05 Å². The molecule has 2 aromatic rings. The highest BCUT2D eigenvalue weighted by molar-refractivity contribution is 5.85. The highest BCUT2D eigenvalue weighted by atomic mass is 16.2. The van der Waals surface area contributed by atoms with Crippen LogP contribution in [-0.2, 0) is 11.2 Å². The normalized spacial score (nSPS) is 24.5. The molecule has 0 radical (unpaired) electrons. The van der Waals surface area contributed by atoms with Gasteiger partial charge in [0.1, 0.15) is 0 Å². The Morgan fingerprint density at radius 2 is 1.67 bits per heavy atom. The minimum Gasteiger partial charge on any atom is -0.280 e. The Morgan fingerprint density at radius 1 is 1.07 bits per heavy atom. The van der Waals surface area contributed by atoms with Gasteiger partial charge in [-0.25, -0.2) is 0 Å². The van der Waals surface area contributed by atoms with Gasteiger partial charge in [-0.15, -0.1) is 0 Å². The molecule has 0 bridgehead atoms. The maximum absolute atomic E-state index is 13.1. The summed E-state index contributed by atoms with van der Waals surface area (Å²) in [5, 5.41) is 0. The van der Waals surface area contributed by atoms with E-state index in [2.05, 4.69) is 68.0 Å². The van der Waals surface area contributed by atoms with Gasteiger partial charge >= 0.3 is 0 Å². The van der Waals surface area contributed by atoms with Crippen molar-refractivity contribution in [1.82, 2.24) is 4.90 Å². The Hall–Kier alpha value is -2.68. The first kappa shape index (κ1) is 19.1. The number of allylic oxidation sites excluding steroid dienone is 1. The standard InChI is InChI=1S/C24H29N2O/c1-19(2)24(3)25(4)23(27)22(18-21-14-9-6-10-15-21)26(24)17-11-16-20-12-7-5-8-13-20/h5-17,19,22H,18H2,1-4H3/q+1/b16-11+,26-17+/t22-,24+/m0/s1. The van der Waals surface area contributed by atoms with Gasteiger partial charge in [-0.3, -0.25) is 9.69 Å². The largest absolute Gasteiger partial charge is 0.296 e. The average molecular weight is 362 g/mol. The molecule has 3 heteroatoms. The van der Waals surface area contributed by atoms with E-state index < -0.39 is 0 Å². The molecule has 1 aliphatic rings. The Bertz CT molecular complexity index is 839. The van der Waals surface area contributed by atoms with Crippen molar-refractivity contribution in [2.24, 2.45) is 5.92 Å². The fourth-order valence-electron chi connectivity index (χ4n) is 3.83. The predicted molar refractivity (Wildman–Crippen MR) is 112 cm³/mol. The number of hydrogen-bond donors (Lipinski definition) is 0. The van der Waals surface area contributed by atoms with Crippen molar-refractivity contribution in [2.45, 2.75) is 38.9 Å². The third-order valence-electron chi connectivity index (χ3n) is 5.85. The first-order chi connectivity index (χ1) is 12.9. The van der Waals surface area contributed by atoms with E-state index in [1.165, 1.54) is 5.56 Å². The number of rotatable bonds is 5. The van der Waals surface area contributed by atoms with Crippen LogP contribution in [0.2, 0.25) is 0 Å². The molecule has 0 aromatic heterocycles. The van der Waals surface area contributed by atoms with Gasteiger partial charge in [0, 0.05) is 32.4 Å². The van der Waals surface area contributed by atoms with Crippen molar-refractivity contribution in [3.05, 3.63) is 77.9 Å². The van der Waals surface area contributed by atoms with Crippen LogP contribution in [0.3, 0.4) is 0 Å². The number of nitrogens with zero attached hydrogens (tertiary/aromatic N) is 2. The zero-order valence-electron chi connectivity index (χ0n) is 16.7. The number of carbonyl (C=O) groups excluding carboxylic acids is 1. The number of amides is 1. The molecule has 3 rings (SSSR count). The number of hydrogen-bond acceptors (Lipinski definition) is 1. The zero-order chi connectivity index (χ0) is 19.4. The highest BCUT2D eigenvalue weighted by Gasteiger charge is 2.58. The molecule has 0 spiro atoms. The van der Waals surface area contributed by atoms with Crippen LogP contribution in [0.1, 0.15) is 31.9 Å². The van der Waals surface area contributed by atoms with Crippen LogP contribution >= 0.6 is 0 Å². The molecule has 2 atom stereocenters. The second-order valence-corrected chi connectivity index (χ2v) is 7.68. The van der Waals surface area contributed by atoms with Gasteiger partial charge < -0.3 is 0 Å². The summed E-state index contributed by atoms with van der Waals surface area (Å²) >= 11 is 0. The molecule has 27 heavy (non-hydrogen) atoms. The molecule has 0 N–H and O–H groups in total. The Labute approximate surface area is 162 Å². The quantitative estimate of drug-likeness (QED) is 0.731. The lowest BCUT2D eigenvalue weighted by Crippen LogP contribution is -2.51. The van der Waals surface area contributed by atoms with E-state index in [9.17, 15) is 4.79 Å². The van der Waals surface area contributed by atoms with E-state index in [0.29, 0.717) is 12.3 Å². The summed E-state index contributed by atoms with van der Waals surface area (Å²) in [4.78, 5) is 15.0. The van der Waals surface area contributed by atoms with Crippen LogP contribution in [-0.4, -0.2) is 40.3 Å². The number of benzene rings is 2. The van der Waals surface area contributed by atoms with Crippen LogP contribution < -0.4 is 0 Å². The summed E-state index contributed by atoms with van der Waals surface area (Å²) in [5.74, 6) is 0.480. The second kappa shape index (κ2) is 7.91. The van der Waals surface area contributed by atoms with Crippen LogP contribution in [0.15, 0.2) is 66.7 Å². The van der Waals surface area contributed by atoms with Crippen LogP contribution in [0, 0.1) is 5.92 Å². The summed E-state index contributed by atoms with van der Waals surface area (Å²) in [6.45, 7) is 6.51. The molecular weight excluding hydrogens is 332 g/mol. The SMILES string of the molecule is CC(C)[C@]1(C)N(C)C(=O)[C@H](Cc2ccccc2)/[N+]1=C\C=C\c1ccccc1. The van der Waals surface area contributed by atoms with Crippen LogP contribution in [0.4, 0.5) is 0 Å². The van der Waals surface area contributed by atoms with Crippen molar-refractivity contribution in [3.63, 3.8) is 0 Å². The van der Waals surface area contributed by atoms with Crippen molar-refractivity contribution < 1.29 is 9.37 Å². The lowest BCUT2D eigenvalue weighted by Gasteiger charge is -2.31. The molecule has 1 heterocycles. The first-order valence-corrected chi connectivity index (χ1v) is 9.61. The molecule has 1 saturated heterocycles. The van der Waals surface area contributed by atoms with Gasteiger partial charge in [-0.05, 0) is 17.2 Å². The summed E-state index contributed by atoms with van der Waals surface area (Å²) in [6, 6.07) is 20.3. The minimum absolute atomic E-state index is 0.180. The smallest absolute Gasteiger partial charge is 0.280 e. The van der Waals surface area contributed by atoms with Crippen molar-refractivity contribution in [3.8, 4) is 0 Å². The third-order valence-corrected chi connectivity index (χ3v) is 5.85. The van der Waals surface area contributed by atoms with Crippen LogP contribution in [0.5, 0.6) is 0 Å². The van der Waals surface area contributed by atoms with E-state index >= 15 is 0 Å². The highest BCUT2D eigenvalue weighted by Crippen LogP contribution is 2.34. The molecule has 0 aliphatic carbocycles. The molecule has 3 nitrogen and oxygen atoms in total. The molecule has 0 unspecified atom stereocenters. The molecule has 2 aromatic carbocycles. The number of likely N-dealkylation sites (N-methyl/N-ethyl adjacent to an activating group) is 1. The lowest BCUT2D eigenvalue weighted by atomic mass is 9.96. The Morgan fingerprint density at radius 3 is 2.26 bits per heavy atom. The predicted octanol–water partition coefficient (Wildman–Crippen LogP) is 4.24. The third kappa shape index (κ3) is 3.73. The maximum Gasteiger partial charge on any atom is 0.296 e. The molecule has 0 saturated carbocycles. The van der Waals surface area contributed by atoms with Crippen molar-refractivity contribution in [1.29, 1.82) is 0 Å². The maximum atomic E-state index is 13.1. The minimum atomic E-state index is -0.350. The van der Waals surface area contributed by atoms with Crippen LogP contribution in [0.25, 0.3) is 6.08 Å². The summed E-state index contributed by atoms with van der Waals surface area (Å²) in [5.41, 5.74) is 1.98. The monoisotopic (exact) mass is 361 g/mol. The summed E-state index contributed by atoms with van der Waals surface area (Å²) < 4.78 is 2.24. The topological polar surface area (TPSA) is 23.3 Å². The molecule has 140 valence electrons. The van der Waals surface area contributed by atoms with Gasteiger partial charge in [0.15, 0.2) is 6.21 Å². The van der Waals surface area contributed by atoms with E-state index in [1.54, 1.807) is 0 Å². The first-order valence-electron chi connectivity index (χ1n) is 9.61. The Balaban J connectivity index is 1.98. The van der Waals surface area contributed by atoms with Crippen molar-refractivity contribution >= 4 is 18.2 Å². The fourth-order valence-corrected chi connectivity index (χ4v) is 3.83. The van der Waals surface area contributed by atoms with Gasteiger partial charge in [-0.1, -0.05) is 74.5 Å². The van der Waals surface area contributed by atoms with E-state index in [4.69, 9.17) is 0 Å². The van der Waals surface area contributed by atoms with E-state index in [-0.39, 0.29) is 17.6 Å². The molecule has 1 amide bonds. The lowest BCUT2D eigenvalue weighted by molar-refractivity contribution is -0.629. The van der Waals surface area contributed by atoms with Gasteiger partial charge in [0.25, 0.3) is 5.91 Å². The molecular formula is C24H29N2O+. The van der Waals surface area contributed by atoms with Gasteiger partial charge in [0.05, 0.1) is 0 Å². The second-order valence-electron chi connectivity index (χ2n) is 7.68. The van der Waals surface area contributed by atoms with E-state index in [1.807, 2.05) is 48.3 Å². The van der Waals surface area contributed by atoms with Gasteiger partial charge in [-0.2, -0.15) is 4.58 Å². The number of carbonyl (C=O) groups is 1. The molecule has 1 aliphatic heterocycles. The van der Waals surface area contributed by atoms with Gasteiger partial charge in [0.2, 0.25) is 11.7 Å². The summed E-state index contributed by atoms with van der Waals surface area (Å²) in [7, 11) is 1.93. The Kier molecular flexibility index (Phi) is 5.59. The van der Waals surface area contributed by atoms with E-state index in [0.717, 1.165) is 5.56 Å². The fraction of sp³-hybridized carbons (Fsp3) is 0.333. The summed E-state index contributed by atoms with van der Waals surface area (Å²) in [6.07, 6.45) is 6.94. The molecule has 1 fully saturated rings. The average Bonchev–Trinajstić information content (AvgIpc) is 2.86.